The highest BCUT2D eigenvalue weighted by molar-refractivity contribution is 7.99. The molecule has 0 heterocycles. The van der Waals surface area contributed by atoms with Crippen LogP contribution in [0.4, 0.5) is 22.7 Å². The minimum absolute atomic E-state index is 0.0759. The third-order valence-corrected chi connectivity index (χ3v) is 9.78. The van der Waals surface area contributed by atoms with Crippen LogP contribution in [0.2, 0.25) is 0 Å². The average molecular weight is 797 g/mol. The first-order chi connectivity index (χ1) is 28.8. The molecule has 9 nitrogen and oxygen atoms in total. The van der Waals surface area contributed by atoms with Crippen LogP contribution in [-0.4, -0.2) is 5.78 Å². The molecule has 0 spiro atoms. The highest BCUT2D eigenvalue weighted by Gasteiger charge is 2.13. The second-order valence-corrected chi connectivity index (χ2v) is 14.1. The maximum Gasteiger partial charge on any atom is 0.193 e. The predicted molar refractivity (Wildman–Crippen MR) is 237 cm³/mol. The Bertz CT molecular complexity index is 2450. The van der Waals surface area contributed by atoms with Gasteiger partial charge in [-0.2, -0.15) is 0 Å². The average Bonchev–Trinajstić information content (AvgIpc) is 3.26. The molecule has 0 bridgehead atoms. The van der Waals surface area contributed by atoms with Gasteiger partial charge in [-0.25, -0.2) is 0 Å². The van der Waals surface area contributed by atoms with Crippen molar-refractivity contribution in [3.8, 4) is 46.0 Å². The SMILES string of the molecule is Nc1ccc(Oc2ccc(C(=O)c3ccc(Oc4ccc(N)cc4)cc3)cc2)cc1.Nc1ccccc1Oc1ccccc1Sc1ccccc1Oc1ccccc1N. The summed E-state index contributed by atoms with van der Waals surface area (Å²) in [5.41, 5.74) is 27.1. The Kier molecular flexibility index (Phi) is 12.6. The zero-order chi connectivity index (χ0) is 41.0. The van der Waals surface area contributed by atoms with E-state index in [2.05, 4.69) is 0 Å². The number of nitrogen functional groups attached to an aromatic ring is 4. The smallest absolute Gasteiger partial charge is 0.193 e. The standard InChI is InChI=1S/C25H20N2O3.C24H20N2O2S/c26-19-5-13-23(14-6-19)29-21-9-1-17(2-10-21)25(28)18-3-11-22(12-4-18)30-24-15-7-20(27)8-16-24;25-17-9-1-3-11-19(17)27-21-13-5-7-15-23(21)29-24-16-8-6-14-22(24)28-20-12-4-2-10-18(20)26/h1-16H,26-27H2;1-16H,25-26H2. The van der Waals surface area contributed by atoms with Crippen LogP contribution in [0.1, 0.15) is 15.9 Å². The molecule has 0 aromatic heterocycles. The van der Waals surface area contributed by atoms with Crippen LogP contribution in [0.25, 0.3) is 0 Å². The Labute approximate surface area is 346 Å². The van der Waals surface area contributed by atoms with E-state index in [1.807, 2.05) is 97.1 Å². The van der Waals surface area contributed by atoms with Crippen LogP contribution < -0.4 is 41.9 Å². The van der Waals surface area contributed by atoms with Crippen molar-refractivity contribution in [1.82, 2.24) is 0 Å². The van der Waals surface area contributed by atoms with Crippen LogP contribution in [0.15, 0.2) is 204 Å². The van der Waals surface area contributed by atoms with Crippen molar-refractivity contribution in [3.05, 3.63) is 205 Å². The van der Waals surface area contributed by atoms with E-state index in [0.717, 1.165) is 21.3 Å². The largest absolute Gasteiger partial charge is 0.457 e. The third kappa shape index (κ3) is 10.7. The van der Waals surface area contributed by atoms with Gasteiger partial charge < -0.3 is 41.9 Å². The predicted octanol–water partition coefficient (Wildman–Crippen LogP) is 12.3. The molecule has 0 saturated carbocycles. The van der Waals surface area contributed by atoms with Gasteiger partial charge in [-0.1, -0.05) is 60.3 Å². The second kappa shape index (κ2) is 18.9. The summed E-state index contributed by atoms with van der Waals surface area (Å²) in [6.45, 7) is 0. The van der Waals surface area contributed by atoms with Crippen LogP contribution in [0.5, 0.6) is 46.0 Å². The summed E-state index contributed by atoms with van der Waals surface area (Å²) in [6, 6.07) is 58.9. The zero-order valence-corrected chi connectivity index (χ0v) is 32.6. The zero-order valence-electron chi connectivity index (χ0n) is 31.7. The molecule has 8 aromatic rings. The Morgan fingerprint density at radius 1 is 0.339 bits per heavy atom. The van der Waals surface area contributed by atoms with Gasteiger partial charge in [0.1, 0.15) is 46.0 Å². The monoisotopic (exact) mass is 796 g/mol. The summed E-state index contributed by atoms with van der Waals surface area (Å²) in [5, 5.41) is 0. The van der Waals surface area contributed by atoms with E-state index in [9.17, 15) is 4.79 Å². The van der Waals surface area contributed by atoms with Gasteiger partial charge in [0.25, 0.3) is 0 Å². The van der Waals surface area contributed by atoms with E-state index in [-0.39, 0.29) is 5.78 Å². The van der Waals surface area contributed by atoms with Gasteiger partial charge in [-0.3, -0.25) is 4.79 Å². The number of hydrogen-bond acceptors (Lipinski definition) is 10. The van der Waals surface area contributed by atoms with Gasteiger partial charge in [-0.05, 0) is 146 Å². The molecule has 8 aromatic carbocycles. The number of anilines is 4. The Hall–Kier alpha value is -7.82. The summed E-state index contributed by atoms with van der Waals surface area (Å²) in [5.74, 6) is 5.28. The Balaban J connectivity index is 0.000000179. The number of carbonyl (C=O) groups excluding carboxylic acids is 1. The second-order valence-electron chi connectivity index (χ2n) is 13.0. The fourth-order valence-corrected chi connectivity index (χ4v) is 6.55. The maximum atomic E-state index is 12.8. The molecule has 0 saturated heterocycles. The molecular weight excluding hydrogens is 757 g/mol. The number of rotatable bonds is 12. The van der Waals surface area contributed by atoms with Gasteiger partial charge in [0, 0.05) is 22.5 Å². The number of carbonyl (C=O) groups is 1. The summed E-state index contributed by atoms with van der Waals surface area (Å²) >= 11 is 1.56. The molecule has 0 radical (unpaired) electrons. The van der Waals surface area contributed by atoms with Gasteiger partial charge in [0.05, 0.1) is 21.2 Å². The molecule has 292 valence electrons. The molecule has 8 N–H and O–H groups in total. The first kappa shape index (κ1) is 39.4. The Morgan fingerprint density at radius 2 is 0.644 bits per heavy atom. The molecule has 10 heteroatoms. The van der Waals surface area contributed by atoms with E-state index in [1.165, 1.54) is 0 Å². The third-order valence-electron chi connectivity index (χ3n) is 8.66. The van der Waals surface area contributed by atoms with E-state index in [1.54, 1.807) is 109 Å². The quantitative estimate of drug-likeness (QED) is 0.0692. The van der Waals surface area contributed by atoms with E-state index in [0.29, 0.717) is 68.4 Å². The summed E-state index contributed by atoms with van der Waals surface area (Å²) in [4.78, 5) is 14.7. The van der Waals surface area contributed by atoms with Crippen LogP contribution in [0, 0.1) is 0 Å². The fourth-order valence-electron chi connectivity index (χ4n) is 5.60. The van der Waals surface area contributed by atoms with Crippen molar-refractivity contribution < 1.29 is 23.7 Å². The lowest BCUT2D eigenvalue weighted by molar-refractivity contribution is 0.103. The van der Waals surface area contributed by atoms with E-state index in [4.69, 9.17) is 41.9 Å². The number of ketones is 1. The summed E-state index contributed by atoms with van der Waals surface area (Å²) in [6.07, 6.45) is 0. The van der Waals surface area contributed by atoms with E-state index >= 15 is 0 Å². The van der Waals surface area contributed by atoms with Gasteiger partial charge in [0.2, 0.25) is 0 Å². The molecule has 0 atom stereocenters. The Morgan fingerprint density at radius 3 is 1.00 bits per heavy atom. The van der Waals surface area contributed by atoms with E-state index < -0.39 is 0 Å². The molecular formula is C49H40N4O5S. The van der Waals surface area contributed by atoms with Crippen molar-refractivity contribution in [1.29, 1.82) is 0 Å². The molecule has 59 heavy (non-hydrogen) atoms. The molecule has 0 unspecified atom stereocenters. The van der Waals surface area contributed by atoms with Crippen LogP contribution in [0.3, 0.4) is 0 Å². The lowest BCUT2D eigenvalue weighted by Gasteiger charge is -2.15. The fraction of sp³-hybridized carbons (Fsp3) is 0. The first-order valence-corrected chi connectivity index (χ1v) is 19.3. The summed E-state index contributed by atoms with van der Waals surface area (Å²) < 4.78 is 23.7. The van der Waals surface area contributed by atoms with Crippen molar-refractivity contribution in [2.45, 2.75) is 9.79 Å². The van der Waals surface area contributed by atoms with Crippen molar-refractivity contribution >= 4 is 40.3 Å². The molecule has 0 amide bonds. The van der Waals surface area contributed by atoms with Crippen LogP contribution in [-0.2, 0) is 0 Å². The molecule has 0 fully saturated rings. The number of ether oxygens (including phenoxy) is 4. The van der Waals surface area contributed by atoms with Gasteiger partial charge in [0.15, 0.2) is 5.78 Å². The van der Waals surface area contributed by atoms with Crippen molar-refractivity contribution in [2.24, 2.45) is 0 Å². The molecule has 8 rings (SSSR count). The van der Waals surface area contributed by atoms with Crippen LogP contribution >= 0.6 is 11.8 Å². The molecule has 0 aliphatic heterocycles. The van der Waals surface area contributed by atoms with Crippen molar-refractivity contribution in [2.75, 3.05) is 22.9 Å². The first-order valence-electron chi connectivity index (χ1n) is 18.5. The number of nitrogens with two attached hydrogens (primary N) is 4. The number of benzene rings is 8. The van der Waals surface area contributed by atoms with Gasteiger partial charge in [-0.15, -0.1) is 0 Å². The van der Waals surface area contributed by atoms with Gasteiger partial charge >= 0.3 is 0 Å². The normalized spacial score (nSPS) is 10.4. The lowest BCUT2D eigenvalue weighted by Crippen LogP contribution is -2.01. The topological polar surface area (TPSA) is 158 Å². The number of hydrogen-bond donors (Lipinski definition) is 4. The lowest BCUT2D eigenvalue weighted by atomic mass is 10.0. The molecule has 0 aliphatic carbocycles. The highest BCUT2D eigenvalue weighted by atomic mass is 32.2. The molecule has 0 aliphatic rings. The number of para-hydroxylation sites is 6. The van der Waals surface area contributed by atoms with Crippen molar-refractivity contribution in [3.63, 3.8) is 0 Å². The maximum absolute atomic E-state index is 12.8. The minimum atomic E-state index is -0.0759. The highest BCUT2D eigenvalue weighted by Crippen LogP contribution is 2.43. The summed E-state index contributed by atoms with van der Waals surface area (Å²) in [7, 11) is 0. The minimum Gasteiger partial charge on any atom is -0.457 e.